The lowest BCUT2D eigenvalue weighted by Crippen LogP contribution is -2.34. The lowest BCUT2D eigenvalue weighted by molar-refractivity contribution is -0.625. The van der Waals surface area contributed by atoms with Crippen molar-refractivity contribution in [3.05, 3.63) is 88.9 Å². The Kier molecular flexibility index (Phi) is 8.48. The molecule has 0 radical (unpaired) electrons. The normalized spacial score (nSPS) is 10.9. The molecule has 9 nitrogen and oxygen atoms in total. The SMILES string of the molecule is O=C(O)COc1ccccc1/C=N\NC(=O)CSc1n[nH]c(-c2ccc(Br)cc2)[n+]1-c1ccccc1. The van der Waals surface area contributed by atoms with Crippen molar-refractivity contribution >= 4 is 45.8 Å². The van der Waals surface area contributed by atoms with Gasteiger partial charge in [0.05, 0.1) is 22.6 Å². The average Bonchev–Trinajstić information content (AvgIpc) is 3.32. The first kappa shape index (κ1) is 25.1. The maximum absolute atomic E-state index is 12.5. The first-order valence-electron chi connectivity index (χ1n) is 10.7. The molecule has 1 heterocycles. The van der Waals surface area contributed by atoms with E-state index in [2.05, 4.69) is 36.7 Å². The molecule has 0 bridgehead atoms. The van der Waals surface area contributed by atoms with Gasteiger partial charge in [-0.3, -0.25) is 4.79 Å². The number of hydrazone groups is 1. The van der Waals surface area contributed by atoms with E-state index in [1.807, 2.05) is 59.2 Å². The van der Waals surface area contributed by atoms with Crippen LogP contribution in [-0.2, 0) is 9.59 Å². The fourth-order valence-electron chi connectivity index (χ4n) is 3.21. The van der Waals surface area contributed by atoms with E-state index < -0.39 is 12.6 Å². The van der Waals surface area contributed by atoms with Crippen LogP contribution in [0.5, 0.6) is 5.75 Å². The van der Waals surface area contributed by atoms with Crippen LogP contribution in [0.2, 0.25) is 0 Å². The zero-order valence-corrected chi connectivity index (χ0v) is 21.2. The second-order valence-electron chi connectivity index (χ2n) is 7.33. The number of nitrogens with zero attached hydrogens (tertiary/aromatic N) is 3. The molecule has 182 valence electrons. The molecule has 0 spiro atoms. The van der Waals surface area contributed by atoms with Gasteiger partial charge in [0, 0.05) is 10.0 Å². The molecule has 0 aliphatic carbocycles. The summed E-state index contributed by atoms with van der Waals surface area (Å²) < 4.78 is 8.17. The minimum atomic E-state index is -1.08. The highest BCUT2D eigenvalue weighted by molar-refractivity contribution is 9.10. The van der Waals surface area contributed by atoms with E-state index in [-0.39, 0.29) is 11.7 Å². The zero-order valence-electron chi connectivity index (χ0n) is 18.8. The Balaban J connectivity index is 1.45. The molecule has 0 atom stereocenters. The molecule has 0 aliphatic rings. The first-order chi connectivity index (χ1) is 17.5. The van der Waals surface area contributed by atoms with E-state index in [4.69, 9.17) is 9.84 Å². The van der Waals surface area contributed by atoms with E-state index in [9.17, 15) is 9.59 Å². The average molecular weight is 567 g/mol. The summed E-state index contributed by atoms with van der Waals surface area (Å²) >= 11 is 4.72. The van der Waals surface area contributed by atoms with E-state index in [1.165, 1.54) is 18.0 Å². The second kappa shape index (κ2) is 12.1. The van der Waals surface area contributed by atoms with Crippen LogP contribution in [-0.4, -0.2) is 45.8 Å². The van der Waals surface area contributed by atoms with Crippen molar-refractivity contribution in [2.45, 2.75) is 5.16 Å². The van der Waals surface area contributed by atoms with Crippen LogP contribution in [0.1, 0.15) is 5.56 Å². The van der Waals surface area contributed by atoms with Gasteiger partial charge in [0.2, 0.25) is 0 Å². The van der Waals surface area contributed by atoms with Crippen LogP contribution in [0.25, 0.3) is 17.1 Å². The number of aromatic nitrogens is 3. The van der Waals surface area contributed by atoms with Gasteiger partial charge in [0.1, 0.15) is 11.4 Å². The van der Waals surface area contributed by atoms with E-state index in [0.717, 1.165) is 21.5 Å². The standard InChI is InChI=1S/C25H20BrN5O4S/c26-19-12-10-17(11-13-19)24-29-30-25(31(24)20-7-2-1-3-8-20)36-16-22(32)28-27-14-18-6-4-5-9-21(18)35-15-23(33)34/h1-14H,15-16H2,(H2,28,32,33,34)/p+1/b27-14-. The maximum Gasteiger partial charge on any atom is 0.342 e. The Morgan fingerprint density at radius 3 is 2.56 bits per heavy atom. The molecule has 0 saturated carbocycles. The molecule has 4 aromatic rings. The van der Waals surface area contributed by atoms with Gasteiger partial charge in [-0.05, 0) is 60.3 Å². The van der Waals surface area contributed by atoms with Crippen molar-refractivity contribution in [1.82, 2.24) is 15.6 Å². The Labute approximate surface area is 219 Å². The number of H-pyrrole nitrogens is 1. The van der Waals surface area contributed by atoms with Crippen LogP contribution < -0.4 is 14.7 Å². The lowest BCUT2D eigenvalue weighted by Gasteiger charge is -2.06. The molecule has 3 N–H and O–H groups in total. The topological polar surface area (TPSA) is 121 Å². The molecule has 1 amide bonds. The third-order valence-corrected chi connectivity index (χ3v) is 6.27. The van der Waals surface area contributed by atoms with Crippen molar-refractivity contribution < 1.29 is 24.0 Å². The summed E-state index contributed by atoms with van der Waals surface area (Å²) in [7, 11) is 0. The number of hydrogen-bond donors (Lipinski definition) is 3. The summed E-state index contributed by atoms with van der Waals surface area (Å²) in [5.41, 5.74) is 4.87. The lowest BCUT2D eigenvalue weighted by atomic mass is 10.2. The number of ether oxygens (including phenoxy) is 1. The molecule has 0 aliphatic heterocycles. The Bertz CT molecular complexity index is 1380. The highest BCUT2D eigenvalue weighted by Gasteiger charge is 2.24. The van der Waals surface area contributed by atoms with Gasteiger partial charge in [0.15, 0.2) is 6.61 Å². The number of carbonyl (C=O) groups is 2. The number of aromatic amines is 1. The number of carboxylic acid groups (broad SMARTS) is 1. The van der Waals surface area contributed by atoms with E-state index in [0.29, 0.717) is 16.5 Å². The fourth-order valence-corrected chi connectivity index (χ4v) is 4.23. The number of nitrogens with one attached hydrogen (secondary N) is 2. The zero-order chi connectivity index (χ0) is 25.3. The third kappa shape index (κ3) is 6.58. The Morgan fingerprint density at radius 1 is 1.08 bits per heavy atom. The van der Waals surface area contributed by atoms with Crippen molar-refractivity contribution in [3.63, 3.8) is 0 Å². The number of thioether (sulfide) groups is 1. The van der Waals surface area contributed by atoms with E-state index >= 15 is 0 Å². The maximum atomic E-state index is 12.5. The minimum Gasteiger partial charge on any atom is -0.481 e. The predicted molar refractivity (Wildman–Crippen MR) is 139 cm³/mol. The van der Waals surface area contributed by atoms with Crippen LogP contribution in [0.15, 0.2) is 93.6 Å². The van der Waals surface area contributed by atoms with Crippen LogP contribution in [0.3, 0.4) is 0 Å². The van der Waals surface area contributed by atoms with Gasteiger partial charge in [-0.2, -0.15) is 9.67 Å². The van der Waals surface area contributed by atoms with Crippen molar-refractivity contribution in [1.29, 1.82) is 0 Å². The number of halogens is 1. The summed E-state index contributed by atoms with van der Waals surface area (Å²) in [5.74, 6) is -0.193. The quantitative estimate of drug-likeness (QED) is 0.116. The smallest absolute Gasteiger partial charge is 0.342 e. The number of carbonyl (C=O) groups excluding carboxylic acids is 1. The van der Waals surface area contributed by atoms with E-state index in [1.54, 1.807) is 24.3 Å². The van der Waals surface area contributed by atoms with Crippen molar-refractivity contribution in [2.24, 2.45) is 5.10 Å². The third-order valence-electron chi connectivity index (χ3n) is 4.80. The summed E-state index contributed by atoms with van der Waals surface area (Å²) in [6.07, 6.45) is 1.41. The van der Waals surface area contributed by atoms with Crippen LogP contribution in [0, 0.1) is 0 Å². The van der Waals surface area contributed by atoms with Gasteiger partial charge in [0.25, 0.3) is 11.7 Å². The Hall–Kier alpha value is -3.96. The summed E-state index contributed by atoms with van der Waals surface area (Å²) in [5, 5.41) is 20.9. The first-order valence-corrected chi connectivity index (χ1v) is 12.5. The molecule has 0 unspecified atom stereocenters. The summed E-state index contributed by atoms with van der Waals surface area (Å²) in [6.45, 7) is -0.471. The molecular weight excluding hydrogens is 546 g/mol. The molecule has 0 fully saturated rings. The fraction of sp³-hybridized carbons (Fsp3) is 0.0800. The van der Waals surface area contributed by atoms with Crippen LogP contribution in [0.4, 0.5) is 0 Å². The summed E-state index contributed by atoms with van der Waals surface area (Å²) in [4.78, 5) is 23.2. The van der Waals surface area contributed by atoms with Gasteiger partial charge < -0.3 is 9.84 Å². The highest BCUT2D eigenvalue weighted by atomic mass is 79.9. The second-order valence-corrected chi connectivity index (χ2v) is 9.19. The number of hydrogen-bond acceptors (Lipinski definition) is 6. The number of rotatable bonds is 10. The molecule has 3 aromatic carbocycles. The number of para-hydroxylation sites is 2. The van der Waals surface area contributed by atoms with Crippen molar-refractivity contribution in [3.8, 4) is 22.8 Å². The van der Waals surface area contributed by atoms with Gasteiger partial charge in [-0.15, -0.1) is 5.10 Å². The number of amides is 1. The molecular formula is C25H21BrN5O4S+. The van der Waals surface area contributed by atoms with Gasteiger partial charge >= 0.3 is 11.1 Å². The van der Waals surface area contributed by atoms with Crippen LogP contribution >= 0.6 is 27.7 Å². The van der Waals surface area contributed by atoms with Gasteiger partial charge in [-0.25, -0.2) is 10.2 Å². The number of carboxylic acids is 1. The largest absolute Gasteiger partial charge is 0.481 e. The summed E-state index contributed by atoms with van der Waals surface area (Å²) in [6, 6.07) is 24.4. The molecule has 0 saturated heterocycles. The minimum absolute atomic E-state index is 0.0754. The Morgan fingerprint density at radius 2 is 1.81 bits per heavy atom. The number of aliphatic carboxylic acids is 1. The molecule has 36 heavy (non-hydrogen) atoms. The van der Waals surface area contributed by atoms with Crippen molar-refractivity contribution in [2.75, 3.05) is 12.4 Å². The highest BCUT2D eigenvalue weighted by Crippen LogP contribution is 2.22. The molecule has 1 aromatic heterocycles. The molecule has 4 rings (SSSR count). The number of benzene rings is 3. The van der Waals surface area contributed by atoms with Gasteiger partial charge in [-0.1, -0.05) is 46.3 Å². The molecule has 11 heteroatoms. The monoisotopic (exact) mass is 566 g/mol. The predicted octanol–water partition coefficient (Wildman–Crippen LogP) is 3.82.